The van der Waals surface area contributed by atoms with Crippen LogP contribution in [0, 0.1) is 5.92 Å². The van der Waals surface area contributed by atoms with Crippen molar-refractivity contribution >= 4 is 23.0 Å². The lowest BCUT2D eigenvalue weighted by Crippen LogP contribution is -1.91. The van der Waals surface area contributed by atoms with Gasteiger partial charge in [-0.2, -0.15) is 0 Å². The summed E-state index contributed by atoms with van der Waals surface area (Å²) in [5.74, 6) is 1.40. The van der Waals surface area contributed by atoms with E-state index in [0.717, 1.165) is 0 Å². The summed E-state index contributed by atoms with van der Waals surface area (Å²) in [6.07, 6.45) is 2.29. The molecule has 1 heteroatoms. The molecule has 0 saturated carbocycles. The van der Waals surface area contributed by atoms with Crippen molar-refractivity contribution in [2.75, 3.05) is 0 Å². The van der Waals surface area contributed by atoms with E-state index in [-0.39, 0.29) is 0 Å². The average molecular weight is 211 g/mol. The van der Waals surface area contributed by atoms with Gasteiger partial charge in [-0.15, -0.1) is 11.3 Å². The second kappa shape index (κ2) is 3.35. The maximum atomic E-state index is 2.29. The minimum atomic E-state index is 1.35. The minimum Gasteiger partial charge on any atom is -0.144 e. The molecular weight excluding hydrogens is 200 g/mol. The van der Waals surface area contributed by atoms with Gasteiger partial charge in [0.15, 0.2) is 0 Å². The van der Waals surface area contributed by atoms with Crippen molar-refractivity contribution in [1.82, 2.24) is 0 Å². The topological polar surface area (TPSA) is 0 Å². The first-order chi connectivity index (χ1) is 7.36. The zero-order chi connectivity index (χ0) is 10.3. The molecule has 0 saturated heterocycles. The number of benzene rings is 1. The highest BCUT2D eigenvalue weighted by Gasteiger charge is 2.22. The van der Waals surface area contributed by atoms with Gasteiger partial charge in [0.05, 0.1) is 0 Å². The summed E-state index contributed by atoms with van der Waals surface area (Å²) in [6, 6.07) is 12.9. The Balaban J connectivity index is 2.11. The van der Waals surface area contributed by atoms with E-state index < -0.39 is 0 Å². The van der Waals surface area contributed by atoms with Crippen molar-refractivity contribution in [3.05, 3.63) is 63.7 Å². The highest BCUT2D eigenvalue weighted by Crippen LogP contribution is 2.41. The number of hydrogen-bond acceptors (Lipinski definition) is 1. The summed E-state index contributed by atoms with van der Waals surface area (Å²) in [6.45, 7) is 2.21. The van der Waals surface area contributed by atoms with E-state index in [0.29, 0.717) is 0 Å². The predicted molar refractivity (Wildman–Crippen MR) is 66.7 cm³/mol. The quantitative estimate of drug-likeness (QED) is 0.661. The Hall–Kier alpha value is -1.34. The smallest absolute Gasteiger partial charge is 0.0330 e. The molecule has 1 radical (unpaired) electrons. The third-order valence-electron chi connectivity index (χ3n) is 2.86. The van der Waals surface area contributed by atoms with Crippen LogP contribution in [0.3, 0.4) is 0 Å². The molecule has 0 bridgehead atoms. The van der Waals surface area contributed by atoms with Crippen LogP contribution in [-0.4, -0.2) is 0 Å². The number of thiophene rings is 1. The molecule has 0 spiro atoms. The summed E-state index contributed by atoms with van der Waals surface area (Å²) < 4.78 is 0. The van der Waals surface area contributed by atoms with Crippen molar-refractivity contribution in [2.24, 2.45) is 0 Å². The van der Waals surface area contributed by atoms with Crippen LogP contribution < -0.4 is 0 Å². The van der Waals surface area contributed by atoms with Crippen LogP contribution in [-0.2, 0) is 0 Å². The lowest BCUT2D eigenvalue weighted by atomic mass is 9.97. The minimum absolute atomic E-state index is 1.35. The summed E-state index contributed by atoms with van der Waals surface area (Å²) in [4.78, 5) is 1.36. The van der Waals surface area contributed by atoms with E-state index in [9.17, 15) is 0 Å². The van der Waals surface area contributed by atoms with E-state index in [4.69, 9.17) is 0 Å². The summed E-state index contributed by atoms with van der Waals surface area (Å²) >= 11 is 1.81. The molecule has 1 aliphatic rings. The molecule has 1 heterocycles. The number of allylic oxidation sites excluding steroid dienone is 1. The second-order valence-electron chi connectivity index (χ2n) is 3.75. The summed E-state index contributed by atoms with van der Waals surface area (Å²) in [5.41, 5.74) is 4.10. The molecule has 3 rings (SSSR count). The molecule has 0 amide bonds. The van der Waals surface area contributed by atoms with Crippen molar-refractivity contribution in [3.8, 4) is 0 Å². The second-order valence-corrected chi connectivity index (χ2v) is 4.70. The first kappa shape index (κ1) is 8.93. The van der Waals surface area contributed by atoms with Crippen LogP contribution in [0.15, 0.2) is 41.8 Å². The molecule has 0 nitrogen and oxygen atoms in total. The standard InChI is InChI=1S/C14H11S/c1-10-12-6-3-2-5-11(12)9-13(10)14-7-4-8-15-14/h2-9H,1H3. The lowest BCUT2D eigenvalue weighted by molar-refractivity contribution is 1.30. The molecular formula is C14H11S. The van der Waals surface area contributed by atoms with Gasteiger partial charge in [0, 0.05) is 10.8 Å². The van der Waals surface area contributed by atoms with Crippen molar-refractivity contribution in [1.29, 1.82) is 0 Å². The fraction of sp³-hybridized carbons (Fsp3) is 0.0714. The van der Waals surface area contributed by atoms with E-state index in [2.05, 4.69) is 54.8 Å². The molecule has 2 aromatic rings. The first-order valence-electron chi connectivity index (χ1n) is 5.05. The molecule has 1 aromatic heterocycles. The Labute approximate surface area is 93.9 Å². The Bertz CT molecular complexity index is 506. The third-order valence-corrected chi connectivity index (χ3v) is 3.76. The molecule has 0 fully saturated rings. The van der Waals surface area contributed by atoms with Gasteiger partial charge in [-0.25, -0.2) is 0 Å². The van der Waals surface area contributed by atoms with Gasteiger partial charge in [-0.3, -0.25) is 0 Å². The Morgan fingerprint density at radius 1 is 1.00 bits per heavy atom. The molecule has 1 aromatic carbocycles. The van der Waals surface area contributed by atoms with Gasteiger partial charge in [0.25, 0.3) is 0 Å². The molecule has 73 valence electrons. The van der Waals surface area contributed by atoms with Gasteiger partial charge in [0.1, 0.15) is 0 Å². The monoisotopic (exact) mass is 211 g/mol. The number of rotatable bonds is 1. The van der Waals surface area contributed by atoms with Crippen LogP contribution in [0.25, 0.3) is 11.6 Å². The van der Waals surface area contributed by atoms with Crippen molar-refractivity contribution < 1.29 is 0 Å². The normalized spacial score (nSPS) is 15.1. The van der Waals surface area contributed by atoms with Crippen LogP contribution >= 0.6 is 11.3 Å². The molecule has 0 N–H and O–H groups in total. The van der Waals surface area contributed by atoms with Crippen LogP contribution in [0.1, 0.15) is 22.9 Å². The van der Waals surface area contributed by atoms with E-state index in [1.54, 1.807) is 11.3 Å². The highest BCUT2D eigenvalue weighted by molar-refractivity contribution is 7.11. The summed E-state index contributed by atoms with van der Waals surface area (Å²) in [5, 5.41) is 2.13. The molecule has 0 unspecified atom stereocenters. The van der Waals surface area contributed by atoms with Crippen LogP contribution in [0.2, 0.25) is 0 Å². The van der Waals surface area contributed by atoms with E-state index in [1.807, 2.05) is 0 Å². The van der Waals surface area contributed by atoms with Gasteiger partial charge in [-0.1, -0.05) is 37.3 Å². The Morgan fingerprint density at radius 3 is 2.60 bits per heavy atom. The fourth-order valence-electron chi connectivity index (χ4n) is 2.06. The van der Waals surface area contributed by atoms with Crippen molar-refractivity contribution in [3.63, 3.8) is 0 Å². The van der Waals surface area contributed by atoms with E-state index in [1.165, 1.54) is 27.5 Å². The molecule has 15 heavy (non-hydrogen) atoms. The Morgan fingerprint density at radius 2 is 1.87 bits per heavy atom. The predicted octanol–water partition coefficient (Wildman–Crippen LogP) is 4.24. The van der Waals surface area contributed by atoms with Crippen molar-refractivity contribution in [2.45, 2.75) is 6.92 Å². The van der Waals surface area contributed by atoms with Gasteiger partial charge in [0.2, 0.25) is 0 Å². The molecule has 1 aliphatic carbocycles. The third kappa shape index (κ3) is 1.35. The maximum Gasteiger partial charge on any atom is 0.0330 e. The van der Waals surface area contributed by atoms with Crippen LogP contribution in [0.4, 0.5) is 0 Å². The lowest BCUT2D eigenvalue weighted by Gasteiger charge is -2.08. The first-order valence-corrected chi connectivity index (χ1v) is 5.93. The van der Waals surface area contributed by atoms with Gasteiger partial charge >= 0.3 is 0 Å². The van der Waals surface area contributed by atoms with Gasteiger partial charge in [-0.05, 0) is 34.2 Å². The summed E-state index contributed by atoms with van der Waals surface area (Å²) in [7, 11) is 0. The van der Waals surface area contributed by atoms with Gasteiger partial charge < -0.3 is 0 Å². The van der Waals surface area contributed by atoms with Crippen LogP contribution in [0.5, 0.6) is 0 Å². The maximum absolute atomic E-state index is 2.29. The molecule has 0 aliphatic heterocycles. The largest absolute Gasteiger partial charge is 0.144 e. The zero-order valence-electron chi connectivity index (χ0n) is 8.53. The van der Waals surface area contributed by atoms with E-state index >= 15 is 0 Å². The number of hydrogen-bond donors (Lipinski definition) is 0. The highest BCUT2D eigenvalue weighted by atomic mass is 32.1. The molecule has 0 atom stereocenters. The zero-order valence-corrected chi connectivity index (χ0v) is 9.34. The number of fused-ring (bicyclic) bond motifs is 1. The Kier molecular flexibility index (Phi) is 2.00. The average Bonchev–Trinajstić information content (AvgIpc) is 2.87. The fourth-order valence-corrected chi connectivity index (χ4v) is 2.86. The SMILES string of the molecule is C[C]1C(c2cccs2)=Cc2ccccc21.